The maximum Gasteiger partial charge on any atom is 0.321 e. The molecule has 30 heavy (non-hydrogen) atoms. The van der Waals surface area contributed by atoms with E-state index in [-0.39, 0.29) is 17.7 Å². The third-order valence-electron chi connectivity index (χ3n) is 5.36. The maximum absolute atomic E-state index is 13.7. The summed E-state index contributed by atoms with van der Waals surface area (Å²) in [6, 6.07) is 14.0. The molecule has 0 aliphatic carbocycles. The number of nitrogens with zero attached hydrogens (tertiary/aromatic N) is 4. The average Bonchev–Trinajstić information content (AvgIpc) is 3.25. The Bertz CT molecular complexity index is 1230. The number of benzene rings is 2. The topological polar surface area (TPSA) is 52.9 Å². The first-order valence-electron chi connectivity index (χ1n) is 9.71. The highest BCUT2D eigenvalue weighted by atomic mass is 19.1. The van der Waals surface area contributed by atoms with Crippen LogP contribution in [0.1, 0.15) is 0 Å². The van der Waals surface area contributed by atoms with Crippen LogP contribution in [0.3, 0.4) is 0 Å². The first kappa shape index (κ1) is 18.4. The van der Waals surface area contributed by atoms with E-state index >= 15 is 0 Å². The fourth-order valence-corrected chi connectivity index (χ4v) is 3.82. The van der Waals surface area contributed by atoms with Gasteiger partial charge in [0, 0.05) is 44.1 Å². The van der Waals surface area contributed by atoms with Gasteiger partial charge in [-0.1, -0.05) is 0 Å². The second-order valence-corrected chi connectivity index (χ2v) is 7.24. The lowest BCUT2D eigenvalue weighted by atomic mass is 10.2. The largest absolute Gasteiger partial charge is 0.351 e. The molecule has 3 heterocycles. The lowest BCUT2D eigenvalue weighted by Gasteiger charge is -2.35. The number of anilines is 2. The van der Waals surface area contributed by atoms with Crippen LogP contribution in [0.15, 0.2) is 60.8 Å². The molecule has 2 aromatic carbocycles. The van der Waals surface area contributed by atoms with Gasteiger partial charge in [-0.25, -0.2) is 18.6 Å². The number of carbonyl (C=O) groups excluding carboxylic acids is 1. The number of nitrogens with one attached hydrogen (secondary N) is 1. The molecular formula is C22H19F2N5O. The summed E-state index contributed by atoms with van der Waals surface area (Å²) < 4.78 is 28.8. The summed E-state index contributed by atoms with van der Waals surface area (Å²) in [6.45, 7) is 2.24. The summed E-state index contributed by atoms with van der Waals surface area (Å²) in [7, 11) is 0. The Hall–Kier alpha value is -3.68. The van der Waals surface area contributed by atoms with Crippen molar-refractivity contribution in [3.05, 3.63) is 72.4 Å². The van der Waals surface area contributed by atoms with Gasteiger partial charge in [-0.05, 0) is 48.5 Å². The van der Waals surface area contributed by atoms with E-state index in [4.69, 9.17) is 4.98 Å². The minimum absolute atomic E-state index is 0.220. The fourth-order valence-electron chi connectivity index (χ4n) is 3.82. The monoisotopic (exact) mass is 407 g/mol. The Morgan fingerprint density at radius 3 is 2.40 bits per heavy atom. The smallest absolute Gasteiger partial charge is 0.321 e. The van der Waals surface area contributed by atoms with Gasteiger partial charge in [0.05, 0.1) is 16.6 Å². The van der Waals surface area contributed by atoms with E-state index in [9.17, 15) is 13.6 Å². The van der Waals surface area contributed by atoms with Gasteiger partial charge in [-0.2, -0.15) is 0 Å². The summed E-state index contributed by atoms with van der Waals surface area (Å²) in [5.74, 6) is 0.104. The van der Waals surface area contributed by atoms with Crippen molar-refractivity contribution in [1.29, 1.82) is 0 Å². The average molecular weight is 407 g/mol. The zero-order chi connectivity index (χ0) is 20.7. The Morgan fingerprint density at radius 1 is 0.900 bits per heavy atom. The van der Waals surface area contributed by atoms with Crippen LogP contribution in [0.2, 0.25) is 0 Å². The first-order chi connectivity index (χ1) is 14.6. The summed E-state index contributed by atoms with van der Waals surface area (Å²) >= 11 is 0. The molecule has 1 aliphatic rings. The molecule has 8 heteroatoms. The van der Waals surface area contributed by atoms with Gasteiger partial charge >= 0.3 is 6.03 Å². The molecular weight excluding hydrogens is 388 g/mol. The highest BCUT2D eigenvalue weighted by Crippen LogP contribution is 2.26. The second kappa shape index (κ2) is 7.29. The number of carbonyl (C=O) groups is 1. The van der Waals surface area contributed by atoms with Gasteiger partial charge < -0.3 is 19.5 Å². The molecule has 152 valence electrons. The predicted octanol–water partition coefficient (Wildman–Crippen LogP) is 4.12. The normalized spacial score (nSPS) is 14.5. The Kier molecular flexibility index (Phi) is 4.46. The number of aromatic nitrogens is 2. The fraction of sp³-hybridized carbons (Fsp3) is 0.182. The first-order valence-corrected chi connectivity index (χ1v) is 9.71. The number of rotatable bonds is 2. The molecule has 5 rings (SSSR count). The van der Waals surface area contributed by atoms with Crippen LogP contribution in [0.4, 0.5) is 25.1 Å². The van der Waals surface area contributed by atoms with Gasteiger partial charge in [0.1, 0.15) is 11.6 Å². The van der Waals surface area contributed by atoms with Crippen LogP contribution in [0.5, 0.6) is 0 Å². The van der Waals surface area contributed by atoms with Crippen molar-refractivity contribution in [2.24, 2.45) is 0 Å². The third kappa shape index (κ3) is 3.30. The molecule has 0 spiro atoms. The quantitative estimate of drug-likeness (QED) is 0.544. The number of fused-ring (bicyclic) bond motifs is 3. The van der Waals surface area contributed by atoms with Crippen LogP contribution in [0, 0.1) is 11.6 Å². The number of urea groups is 1. The molecule has 1 fully saturated rings. The number of piperazine rings is 1. The van der Waals surface area contributed by atoms with E-state index < -0.39 is 0 Å². The molecule has 1 aliphatic heterocycles. The van der Waals surface area contributed by atoms with Crippen molar-refractivity contribution in [1.82, 2.24) is 14.3 Å². The SMILES string of the molecule is O=C(Nc1ccc(F)cc1)N1CCN(c2nc3cc(F)ccc3n3cccc23)CC1. The van der Waals surface area contributed by atoms with E-state index in [1.807, 2.05) is 22.7 Å². The van der Waals surface area contributed by atoms with Gasteiger partial charge in [0.15, 0.2) is 5.82 Å². The lowest BCUT2D eigenvalue weighted by molar-refractivity contribution is 0.208. The Labute approximate surface area is 171 Å². The number of hydrogen-bond donors (Lipinski definition) is 1. The number of halogens is 2. The van der Waals surface area contributed by atoms with Gasteiger partial charge in [0.25, 0.3) is 0 Å². The zero-order valence-electron chi connectivity index (χ0n) is 16.1. The van der Waals surface area contributed by atoms with E-state index in [2.05, 4.69) is 10.2 Å². The highest BCUT2D eigenvalue weighted by molar-refractivity contribution is 5.90. The van der Waals surface area contributed by atoms with Gasteiger partial charge in [-0.15, -0.1) is 0 Å². The van der Waals surface area contributed by atoms with Gasteiger partial charge in [-0.3, -0.25) is 0 Å². The molecule has 4 aromatic rings. The summed E-state index contributed by atoms with van der Waals surface area (Å²) in [5.41, 5.74) is 2.93. The summed E-state index contributed by atoms with van der Waals surface area (Å²) in [5, 5.41) is 2.79. The Morgan fingerprint density at radius 2 is 1.63 bits per heavy atom. The van der Waals surface area contributed by atoms with Crippen molar-refractivity contribution in [3.63, 3.8) is 0 Å². The number of amides is 2. The van der Waals surface area contributed by atoms with E-state index in [1.54, 1.807) is 11.0 Å². The maximum atomic E-state index is 13.7. The molecule has 2 aromatic heterocycles. The van der Waals surface area contributed by atoms with E-state index in [0.29, 0.717) is 37.4 Å². The van der Waals surface area contributed by atoms with Gasteiger partial charge in [0.2, 0.25) is 0 Å². The minimum Gasteiger partial charge on any atom is -0.351 e. The third-order valence-corrected chi connectivity index (χ3v) is 5.36. The summed E-state index contributed by atoms with van der Waals surface area (Å²) in [4.78, 5) is 21.1. The molecule has 0 radical (unpaired) electrons. The standard InChI is InChI=1S/C22H19F2N5O/c23-15-3-6-17(7-4-15)25-22(30)28-12-10-27(11-13-28)21-20-2-1-9-29(20)19-8-5-16(24)14-18(19)26-21/h1-9,14H,10-13H2,(H,25,30). The van der Waals surface area contributed by atoms with Crippen molar-refractivity contribution >= 4 is 34.1 Å². The summed E-state index contributed by atoms with van der Waals surface area (Å²) in [6.07, 6.45) is 1.94. The molecule has 1 N–H and O–H groups in total. The predicted molar refractivity (Wildman–Crippen MR) is 112 cm³/mol. The van der Waals surface area contributed by atoms with Crippen molar-refractivity contribution < 1.29 is 13.6 Å². The molecule has 0 atom stereocenters. The molecule has 0 unspecified atom stereocenters. The second-order valence-electron chi connectivity index (χ2n) is 7.24. The van der Waals surface area contributed by atoms with Crippen LogP contribution >= 0.6 is 0 Å². The van der Waals surface area contributed by atoms with Crippen molar-refractivity contribution in [2.45, 2.75) is 0 Å². The van der Waals surface area contributed by atoms with Crippen LogP contribution in [-0.4, -0.2) is 46.5 Å². The minimum atomic E-state index is -0.346. The van der Waals surface area contributed by atoms with Crippen molar-refractivity contribution in [2.75, 3.05) is 36.4 Å². The zero-order valence-corrected chi connectivity index (χ0v) is 16.1. The lowest BCUT2D eigenvalue weighted by Crippen LogP contribution is -2.50. The molecule has 1 saturated heterocycles. The van der Waals surface area contributed by atoms with Crippen LogP contribution < -0.4 is 10.2 Å². The molecule has 0 saturated carbocycles. The van der Waals surface area contributed by atoms with E-state index in [0.717, 1.165) is 16.9 Å². The van der Waals surface area contributed by atoms with Crippen molar-refractivity contribution in [3.8, 4) is 0 Å². The highest BCUT2D eigenvalue weighted by Gasteiger charge is 2.24. The molecule has 2 amide bonds. The van der Waals surface area contributed by atoms with Crippen LogP contribution in [0.25, 0.3) is 16.6 Å². The van der Waals surface area contributed by atoms with Crippen LogP contribution in [-0.2, 0) is 0 Å². The Balaban J connectivity index is 1.35. The molecule has 6 nitrogen and oxygen atoms in total. The molecule has 0 bridgehead atoms. The number of hydrogen-bond acceptors (Lipinski definition) is 3. The van der Waals surface area contributed by atoms with E-state index in [1.165, 1.54) is 36.4 Å².